The van der Waals surface area contributed by atoms with Gasteiger partial charge in [0.2, 0.25) is 5.95 Å². The molecular formula is C24H24N6O2. The zero-order valence-electron chi connectivity index (χ0n) is 17.8. The molecule has 162 valence electrons. The van der Waals surface area contributed by atoms with Crippen LogP contribution in [0.5, 0.6) is 5.75 Å². The van der Waals surface area contributed by atoms with E-state index >= 15 is 0 Å². The van der Waals surface area contributed by atoms with Crippen LogP contribution in [-0.2, 0) is 13.1 Å². The van der Waals surface area contributed by atoms with Gasteiger partial charge in [0.1, 0.15) is 5.75 Å². The van der Waals surface area contributed by atoms with Crippen LogP contribution in [0, 0.1) is 5.92 Å². The number of hydrogen-bond acceptors (Lipinski definition) is 6. The Labute approximate surface area is 185 Å². The smallest absolute Gasteiger partial charge is 0.272 e. The van der Waals surface area contributed by atoms with Crippen LogP contribution in [0.15, 0.2) is 54.7 Å². The van der Waals surface area contributed by atoms with Crippen LogP contribution in [-0.4, -0.2) is 32.8 Å². The molecule has 5 rings (SSSR count). The first-order valence-corrected chi connectivity index (χ1v) is 10.6. The second-order valence-corrected chi connectivity index (χ2v) is 8.04. The molecule has 0 spiro atoms. The fraction of sp³-hybridized carbons (Fsp3) is 0.250. The number of nitrogens with one attached hydrogen (secondary N) is 1. The first-order valence-electron chi connectivity index (χ1n) is 10.6. The van der Waals surface area contributed by atoms with Gasteiger partial charge in [0.15, 0.2) is 5.69 Å². The Kier molecular flexibility index (Phi) is 5.18. The molecule has 1 saturated carbocycles. The van der Waals surface area contributed by atoms with Crippen molar-refractivity contribution in [3.63, 3.8) is 0 Å². The van der Waals surface area contributed by atoms with Gasteiger partial charge in [0, 0.05) is 30.2 Å². The Hall–Kier alpha value is -3.94. The van der Waals surface area contributed by atoms with Crippen LogP contribution in [0.3, 0.4) is 0 Å². The lowest BCUT2D eigenvalue weighted by Crippen LogP contribution is -2.23. The average molecular weight is 428 g/mol. The van der Waals surface area contributed by atoms with Crippen molar-refractivity contribution in [1.29, 1.82) is 0 Å². The first kappa shape index (κ1) is 20.0. The average Bonchev–Trinajstić information content (AvgIpc) is 3.57. The third kappa shape index (κ3) is 4.12. The second kappa shape index (κ2) is 8.30. The minimum absolute atomic E-state index is 0.202. The molecule has 8 nitrogen and oxygen atoms in total. The SMILES string of the molecule is COc1cccc(CNC(=O)c2nn(CC3CC3)c3cc(-c4ccnc(N)n4)ccc23)c1. The number of anilines is 1. The van der Waals surface area contributed by atoms with E-state index in [0.717, 1.165) is 40.0 Å². The number of carbonyl (C=O) groups is 1. The summed E-state index contributed by atoms with van der Waals surface area (Å²) in [5, 5.41) is 8.50. The topological polar surface area (TPSA) is 108 Å². The summed E-state index contributed by atoms with van der Waals surface area (Å²) in [5.74, 6) is 1.40. The number of nitrogens with zero attached hydrogens (tertiary/aromatic N) is 4. The normalized spacial score (nSPS) is 13.3. The second-order valence-electron chi connectivity index (χ2n) is 8.04. The van der Waals surface area contributed by atoms with Gasteiger partial charge in [-0.2, -0.15) is 5.10 Å². The largest absolute Gasteiger partial charge is 0.497 e. The van der Waals surface area contributed by atoms with Crippen molar-refractivity contribution in [1.82, 2.24) is 25.1 Å². The summed E-state index contributed by atoms with van der Waals surface area (Å²) in [6.45, 7) is 1.19. The van der Waals surface area contributed by atoms with E-state index in [1.807, 2.05) is 53.2 Å². The van der Waals surface area contributed by atoms with E-state index in [1.165, 1.54) is 12.8 Å². The first-order chi connectivity index (χ1) is 15.6. The van der Waals surface area contributed by atoms with Gasteiger partial charge in [-0.1, -0.05) is 18.2 Å². The van der Waals surface area contributed by atoms with Crippen molar-refractivity contribution in [2.75, 3.05) is 12.8 Å². The molecule has 0 unspecified atom stereocenters. The van der Waals surface area contributed by atoms with E-state index in [4.69, 9.17) is 15.6 Å². The van der Waals surface area contributed by atoms with Crippen LogP contribution in [0.25, 0.3) is 22.2 Å². The number of carbonyl (C=O) groups excluding carboxylic acids is 1. The van der Waals surface area contributed by atoms with Crippen molar-refractivity contribution in [3.05, 3.63) is 66.0 Å². The molecule has 2 aromatic carbocycles. The molecule has 8 heteroatoms. The van der Waals surface area contributed by atoms with Gasteiger partial charge in [-0.15, -0.1) is 0 Å². The highest BCUT2D eigenvalue weighted by molar-refractivity contribution is 6.05. The number of methoxy groups -OCH3 is 1. The number of ether oxygens (including phenoxy) is 1. The van der Waals surface area contributed by atoms with Crippen LogP contribution in [0.4, 0.5) is 5.95 Å². The van der Waals surface area contributed by atoms with Gasteiger partial charge >= 0.3 is 0 Å². The van der Waals surface area contributed by atoms with Gasteiger partial charge in [-0.25, -0.2) is 9.97 Å². The van der Waals surface area contributed by atoms with Gasteiger partial charge < -0.3 is 15.8 Å². The lowest BCUT2D eigenvalue weighted by atomic mass is 10.1. The molecule has 1 fully saturated rings. The molecule has 0 aliphatic heterocycles. The molecule has 4 aromatic rings. The van der Waals surface area contributed by atoms with Crippen molar-refractivity contribution >= 4 is 22.8 Å². The molecule has 0 atom stereocenters. The van der Waals surface area contributed by atoms with Gasteiger partial charge in [0.05, 0.1) is 18.3 Å². The van der Waals surface area contributed by atoms with Crippen molar-refractivity contribution in [2.24, 2.45) is 5.92 Å². The molecule has 2 heterocycles. The zero-order chi connectivity index (χ0) is 22.1. The lowest BCUT2D eigenvalue weighted by Gasteiger charge is -2.06. The van der Waals surface area contributed by atoms with Crippen molar-refractivity contribution in [2.45, 2.75) is 25.9 Å². The summed E-state index contributed by atoms with van der Waals surface area (Å²) in [4.78, 5) is 21.3. The van der Waals surface area contributed by atoms with E-state index in [9.17, 15) is 4.79 Å². The maximum atomic E-state index is 13.0. The number of benzene rings is 2. The predicted octanol–water partition coefficient (Wildman–Crippen LogP) is 3.42. The minimum atomic E-state index is -0.202. The molecule has 1 aliphatic carbocycles. The quantitative estimate of drug-likeness (QED) is 0.467. The predicted molar refractivity (Wildman–Crippen MR) is 122 cm³/mol. The maximum absolute atomic E-state index is 13.0. The zero-order valence-corrected chi connectivity index (χ0v) is 17.8. The molecule has 1 amide bonds. The Morgan fingerprint density at radius 3 is 2.88 bits per heavy atom. The summed E-state index contributed by atoms with van der Waals surface area (Å²) in [7, 11) is 1.63. The Morgan fingerprint density at radius 1 is 1.22 bits per heavy atom. The van der Waals surface area contributed by atoms with Crippen LogP contribution < -0.4 is 15.8 Å². The van der Waals surface area contributed by atoms with E-state index in [2.05, 4.69) is 15.3 Å². The van der Waals surface area contributed by atoms with E-state index < -0.39 is 0 Å². The monoisotopic (exact) mass is 428 g/mol. The molecule has 2 aromatic heterocycles. The third-order valence-electron chi connectivity index (χ3n) is 5.65. The van der Waals surface area contributed by atoms with Crippen LogP contribution >= 0.6 is 0 Å². The molecular weight excluding hydrogens is 404 g/mol. The number of aromatic nitrogens is 4. The molecule has 3 N–H and O–H groups in total. The summed E-state index contributed by atoms with van der Waals surface area (Å²) < 4.78 is 7.21. The standard InChI is InChI=1S/C24H24N6O2/c1-32-18-4-2-3-16(11-18)13-27-23(31)22-19-8-7-17(20-9-10-26-24(25)28-20)12-21(19)30(29-22)14-15-5-6-15/h2-4,7-12,15H,5-6,13-14H2,1H3,(H,27,31)(H2,25,26,28). The van der Waals surface area contributed by atoms with Gasteiger partial charge in [-0.05, 0) is 54.7 Å². The van der Waals surface area contributed by atoms with Crippen LogP contribution in [0.2, 0.25) is 0 Å². The Morgan fingerprint density at radius 2 is 2.09 bits per heavy atom. The molecule has 32 heavy (non-hydrogen) atoms. The molecule has 1 aliphatic rings. The number of hydrogen-bond donors (Lipinski definition) is 2. The summed E-state index contributed by atoms with van der Waals surface area (Å²) in [6.07, 6.45) is 4.03. The van der Waals surface area contributed by atoms with E-state index in [1.54, 1.807) is 13.3 Å². The number of amides is 1. The number of nitrogen functional groups attached to an aromatic ring is 1. The van der Waals surface area contributed by atoms with E-state index in [-0.39, 0.29) is 11.9 Å². The molecule has 0 saturated heterocycles. The summed E-state index contributed by atoms with van der Waals surface area (Å²) in [6, 6.07) is 15.3. The van der Waals surface area contributed by atoms with Crippen molar-refractivity contribution in [3.8, 4) is 17.0 Å². The Bertz CT molecular complexity index is 1290. The molecule has 0 bridgehead atoms. The third-order valence-corrected chi connectivity index (χ3v) is 5.65. The minimum Gasteiger partial charge on any atom is -0.497 e. The highest BCUT2D eigenvalue weighted by Crippen LogP contribution is 2.33. The highest BCUT2D eigenvalue weighted by atomic mass is 16.5. The fourth-order valence-electron chi connectivity index (χ4n) is 3.77. The summed E-state index contributed by atoms with van der Waals surface area (Å²) in [5.41, 5.74) is 9.71. The van der Waals surface area contributed by atoms with Crippen molar-refractivity contribution < 1.29 is 9.53 Å². The number of fused-ring (bicyclic) bond motifs is 1. The van der Waals surface area contributed by atoms with Crippen LogP contribution in [0.1, 0.15) is 28.9 Å². The summed E-state index contributed by atoms with van der Waals surface area (Å²) >= 11 is 0. The lowest BCUT2D eigenvalue weighted by molar-refractivity contribution is 0.0946. The number of rotatable bonds is 7. The van der Waals surface area contributed by atoms with Gasteiger partial charge in [-0.3, -0.25) is 9.48 Å². The molecule has 0 radical (unpaired) electrons. The number of nitrogens with two attached hydrogens (primary N) is 1. The Balaban J connectivity index is 1.46. The fourth-order valence-corrected chi connectivity index (χ4v) is 3.77. The van der Waals surface area contributed by atoms with E-state index in [0.29, 0.717) is 18.2 Å². The van der Waals surface area contributed by atoms with Gasteiger partial charge in [0.25, 0.3) is 5.91 Å². The highest BCUT2D eigenvalue weighted by Gasteiger charge is 2.25. The maximum Gasteiger partial charge on any atom is 0.272 e.